The van der Waals surface area contributed by atoms with E-state index in [4.69, 9.17) is 10.3 Å². The first kappa shape index (κ1) is 13.5. The number of nitrogens with zero attached hydrogens (tertiary/aromatic N) is 2. The summed E-state index contributed by atoms with van der Waals surface area (Å²) in [4.78, 5) is 4.34. The maximum Gasteiger partial charge on any atom is 0.243 e. The zero-order valence-corrected chi connectivity index (χ0v) is 11.3. The molecule has 0 aliphatic heterocycles. The van der Waals surface area contributed by atoms with E-state index in [0.29, 0.717) is 5.89 Å². The molecule has 2 N–H and O–H groups in total. The molecular weight excluding hydrogens is 222 g/mol. The highest BCUT2D eigenvalue weighted by Gasteiger charge is 2.18. The number of hydrogen-bond donors (Lipinski definition) is 1. The van der Waals surface area contributed by atoms with E-state index in [2.05, 4.69) is 37.2 Å². The predicted molar refractivity (Wildman–Crippen MR) is 67.4 cm³/mol. The quantitative estimate of drug-likeness (QED) is 0.860. The van der Waals surface area contributed by atoms with Gasteiger partial charge >= 0.3 is 0 Å². The lowest BCUT2D eigenvalue weighted by Gasteiger charge is -2.14. The molecule has 0 saturated heterocycles. The second-order valence-corrected chi connectivity index (χ2v) is 6.16. The van der Waals surface area contributed by atoms with Gasteiger partial charge in [-0.25, -0.2) is 0 Å². The van der Waals surface area contributed by atoms with E-state index in [1.54, 1.807) is 11.8 Å². The highest BCUT2D eigenvalue weighted by atomic mass is 32.2. The van der Waals surface area contributed by atoms with Crippen molar-refractivity contribution in [2.24, 2.45) is 11.1 Å². The molecule has 0 aliphatic carbocycles. The standard InChI is InChI=1S/C11H21N3OS/c1-11(2,3)7-9-13-10(15-14-9)8(12)5-6-16-4/h8H,5-7,12H2,1-4H3/t8-/m0/s1. The third-order valence-corrected chi connectivity index (χ3v) is 2.77. The van der Waals surface area contributed by atoms with Crippen molar-refractivity contribution in [1.29, 1.82) is 0 Å². The molecule has 0 saturated carbocycles. The highest BCUT2D eigenvalue weighted by Crippen LogP contribution is 2.20. The van der Waals surface area contributed by atoms with Crippen molar-refractivity contribution >= 4 is 11.8 Å². The Hall–Kier alpha value is -0.550. The number of rotatable bonds is 5. The van der Waals surface area contributed by atoms with Gasteiger partial charge < -0.3 is 10.3 Å². The molecule has 1 aromatic rings. The highest BCUT2D eigenvalue weighted by molar-refractivity contribution is 7.98. The zero-order valence-electron chi connectivity index (χ0n) is 10.5. The number of thioether (sulfide) groups is 1. The Labute approximate surface area is 101 Å². The molecule has 0 unspecified atom stereocenters. The van der Waals surface area contributed by atoms with E-state index in [-0.39, 0.29) is 11.5 Å². The van der Waals surface area contributed by atoms with E-state index in [0.717, 1.165) is 24.4 Å². The fraction of sp³-hybridized carbons (Fsp3) is 0.818. The van der Waals surface area contributed by atoms with Gasteiger partial charge in [-0.3, -0.25) is 0 Å². The van der Waals surface area contributed by atoms with E-state index >= 15 is 0 Å². The maximum absolute atomic E-state index is 5.95. The fourth-order valence-corrected chi connectivity index (χ4v) is 1.82. The van der Waals surface area contributed by atoms with Crippen LogP contribution >= 0.6 is 11.8 Å². The molecule has 0 aliphatic rings. The normalized spacial score (nSPS) is 14.1. The van der Waals surface area contributed by atoms with Crippen LogP contribution in [0.1, 0.15) is 44.9 Å². The molecule has 1 rings (SSSR count). The lowest BCUT2D eigenvalue weighted by atomic mass is 9.92. The van der Waals surface area contributed by atoms with Gasteiger partial charge in [-0.2, -0.15) is 16.7 Å². The molecule has 0 bridgehead atoms. The summed E-state index contributed by atoms with van der Waals surface area (Å²) in [5, 5.41) is 3.96. The Balaban J connectivity index is 2.57. The first-order valence-electron chi connectivity index (χ1n) is 5.49. The molecule has 0 fully saturated rings. The zero-order chi connectivity index (χ0) is 12.2. The van der Waals surface area contributed by atoms with E-state index in [1.165, 1.54) is 0 Å². The van der Waals surface area contributed by atoms with Crippen LogP contribution in [0.15, 0.2) is 4.52 Å². The average molecular weight is 243 g/mol. The summed E-state index contributed by atoms with van der Waals surface area (Å²) < 4.78 is 5.17. The van der Waals surface area contributed by atoms with Crippen LogP contribution < -0.4 is 5.73 Å². The van der Waals surface area contributed by atoms with Gasteiger partial charge in [0.05, 0.1) is 6.04 Å². The van der Waals surface area contributed by atoms with Gasteiger partial charge in [-0.05, 0) is 23.8 Å². The number of hydrogen-bond acceptors (Lipinski definition) is 5. The first-order chi connectivity index (χ1) is 7.42. The van der Waals surface area contributed by atoms with Crippen LogP contribution in [0, 0.1) is 5.41 Å². The molecule has 4 nitrogen and oxygen atoms in total. The third kappa shape index (κ3) is 4.53. The van der Waals surface area contributed by atoms with Crippen molar-refractivity contribution in [3.8, 4) is 0 Å². The van der Waals surface area contributed by atoms with E-state index in [9.17, 15) is 0 Å². The van der Waals surface area contributed by atoms with Crippen molar-refractivity contribution in [1.82, 2.24) is 10.1 Å². The summed E-state index contributed by atoms with van der Waals surface area (Å²) >= 11 is 1.77. The number of aromatic nitrogens is 2. The van der Waals surface area contributed by atoms with Crippen LogP contribution in [-0.2, 0) is 6.42 Å². The van der Waals surface area contributed by atoms with Crippen molar-refractivity contribution < 1.29 is 4.52 Å². The lowest BCUT2D eigenvalue weighted by Crippen LogP contribution is -2.13. The maximum atomic E-state index is 5.95. The topological polar surface area (TPSA) is 64.9 Å². The number of nitrogens with two attached hydrogens (primary N) is 1. The predicted octanol–water partition coefficient (Wildman–Crippen LogP) is 2.41. The molecule has 0 radical (unpaired) electrons. The van der Waals surface area contributed by atoms with Gasteiger partial charge in [0.2, 0.25) is 5.89 Å². The van der Waals surface area contributed by atoms with Crippen LogP contribution in [0.3, 0.4) is 0 Å². The molecule has 16 heavy (non-hydrogen) atoms. The van der Waals surface area contributed by atoms with Gasteiger partial charge in [0, 0.05) is 6.42 Å². The minimum atomic E-state index is -0.131. The Morgan fingerprint density at radius 3 is 2.69 bits per heavy atom. The molecule has 1 atom stereocenters. The molecule has 5 heteroatoms. The second kappa shape index (κ2) is 5.68. The van der Waals surface area contributed by atoms with Crippen molar-refractivity contribution in [2.75, 3.05) is 12.0 Å². The van der Waals surface area contributed by atoms with Gasteiger partial charge in [-0.1, -0.05) is 25.9 Å². The SMILES string of the molecule is CSCC[C@H](N)c1nc(CC(C)(C)C)no1. The Morgan fingerprint density at radius 2 is 2.12 bits per heavy atom. The van der Waals surface area contributed by atoms with Crippen LogP contribution in [0.25, 0.3) is 0 Å². The van der Waals surface area contributed by atoms with E-state index in [1.807, 2.05) is 0 Å². The molecular formula is C11H21N3OS. The third-order valence-electron chi connectivity index (χ3n) is 2.12. The molecule has 92 valence electrons. The van der Waals surface area contributed by atoms with Crippen LogP contribution in [0.5, 0.6) is 0 Å². The smallest absolute Gasteiger partial charge is 0.243 e. The summed E-state index contributed by atoms with van der Waals surface area (Å²) in [6, 6.07) is -0.131. The van der Waals surface area contributed by atoms with Crippen molar-refractivity contribution in [3.05, 3.63) is 11.7 Å². The van der Waals surface area contributed by atoms with Gasteiger partial charge in [-0.15, -0.1) is 0 Å². The average Bonchev–Trinajstić information content (AvgIpc) is 2.59. The molecule has 0 aromatic carbocycles. The van der Waals surface area contributed by atoms with Crippen molar-refractivity contribution in [3.63, 3.8) is 0 Å². The summed E-state index contributed by atoms with van der Waals surface area (Å²) in [5.74, 6) is 2.33. The minimum Gasteiger partial charge on any atom is -0.338 e. The molecule has 0 spiro atoms. The summed E-state index contributed by atoms with van der Waals surface area (Å²) in [5.41, 5.74) is 6.12. The lowest BCUT2D eigenvalue weighted by molar-refractivity contribution is 0.338. The minimum absolute atomic E-state index is 0.131. The van der Waals surface area contributed by atoms with Gasteiger partial charge in [0.25, 0.3) is 0 Å². The van der Waals surface area contributed by atoms with E-state index < -0.39 is 0 Å². The summed E-state index contributed by atoms with van der Waals surface area (Å²) in [7, 11) is 0. The van der Waals surface area contributed by atoms with Crippen LogP contribution in [0.4, 0.5) is 0 Å². The molecule has 1 aromatic heterocycles. The van der Waals surface area contributed by atoms with Crippen LogP contribution in [-0.4, -0.2) is 22.1 Å². The van der Waals surface area contributed by atoms with Crippen LogP contribution in [0.2, 0.25) is 0 Å². The van der Waals surface area contributed by atoms with Gasteiger partial charge in [0.15, 0.2) is 5.82 Å². The monoisotopic (exact) mass is 243 g/mol. The Bertz CT molecular complexity index is 319. The second-order valence-electron chi connectivity index (χ2n) is 5.17. The Morgan fingerprint density at radius 1 is 1.44 bits per heavy atom. The summed E-state index contributed by atoms with van der Waals surface area (Å²) in [6.45, 7) is 6.45. The molecule has 0 amide bonds. The molecule has 1 heterocycles. The fourth-order valence-electron chi connectivity index (χ4n) is 1.33. The Kier molecular flexibility index (Phi) is 4.80. The summed E-state index contributed by atoms with van der Waals surface area (Å²) in [6.07, 6.45) is 3.75. The van der Waals surface area contributed by atoms with Gasteiger partial charge in [0.1, 0.15) is 0 Å². The largest absolute Gasteiger partial charge is 0.338 e. The first-order valence-corrected chi connectivity index (χ1v) is 6.89. The van der Waals surface area contributed by atoms with Crippen molar-refractivity contribution in [2.45, 2.75) is 39.7 Å².